The van der Waals surface area contributed by atoms with Crippen molar-refractivity contribution in [3.05, 3.63) is 34.9 Å². The highest BCUT2D eigenvalue weighted by molar-refractivity contribution is 6.30. The molecule has 16 heavy (non-hydrogen) atoms. The molecule has 0 radical (unpaired) electrons. The second-order valence-electron chi connectivity index (χ2n) is 3.49. The highest BCUT2D eigenvalue weighted by Crippen LogP contribution is 2.31. The van der Waals surface area contributed by atoms with Crippen LogP contribution in [0.5, 0.6) is 0 Å². The van der Waals surface area contributed by atoms with Gasteiger partial charge in [-0.2, -0.15) is 0 Å². The molecular formula is C11H12ClFO3. The maximum absolute atomic E-state index is 13.5. The molecule has 1 aromatic rings. The van der Waals surface area contributed by atoms with Crippen LogP contribution >= 0.6 is 11.6 Å². The lowest BCUT2D eigenvalue weighted by Gasteiger charge is -2.28. The van der Waals surface area contributed by atoms with Crippen molar-refractivity contribution in [2.24, 2.45) is 0 Å². The van der Waals surface area contributed by atoms with E-state index in [4.69, 9.17) is 16.7 Å². The summed E-state index contributed by atoms with van der Waals surface area (Å²) in [7, 11) is 0. The molecule has 0 saturated carbocycles. The van der Waals surface area contributed by atoms with Crippen molar-refractivity contribution in [1.29, 1.82) is 0 Å². The molecule has 2 unspecified atom stereocenters. The molecular weight excluding hydrogens is 235 g/mol. The Hall–Kier alpha value is -1.13. The van der Waals surface area contributed by atoms with E-state index in [0.717, 1.165) is 0 Å². The summed E-state index contributed by atoms with van der Waals surface area (Å²) in [6.07, 6.45) is -2.40. The third-order valence-corrected chi connectivity index (χ3v) is 2.77. The van der Waals surface area contributed by atoms with Crippen LogP contribution in [0.3, 0.4) is 0 Å². The summed E-state index contributed by atoms with van der Waals surface area (Å²) in [5.74, 6) is -1.68. The highest BCUT2D eigenvalue weighted by Gasteiger charge is 2.42. The van der Waals surface area contributed by atoms with Gasteiger partial charge in [0.25, 0.3) is 0 Å². The van der Waals surface area contributed by atoms with Crippen molar-refractivity contribution in [2.45, 2.75) is 25.1 Å². The Morgan fingerprint density at radius 3 is 2.38 bits per heavy atom. The van der Waals surface area contributed by atoms with E-state index in [-0.39, 0.29) is 12.0 Å². The topological polar surface area (TPSA) is 57.5 Å². The lowest BCUT2D eigenvalue weighted by Crippen LogP contribution is -2.41. The SMILES string of the molecule is CCC(O)(c1ccc(Cl)cc1)C(F)C(=O)O. The number of benzene rings is 1. The van der Waals surface area contributed by atoms with Crippen LogP contribution in [0.2, 0.25) is 5.02 Å². The summed E-state index contributed by atoms with van der Waals surface area (Å²) < 4.78 is 13.5. The van der Waals surface area contributed by atoms with Crippen molar-refractivity contribution in [1.82, 2.24) is 0 Å². The molecule has 0 bridgehead atoms. The van der Waals surface area contributed by atoms with Gasteiger partial charge in [-0.1, -0.05) is 30.7 Å². The minimum Gasteiger partial charge on any atom is -0.479 e. The van der Waals surface area contributed by atoms with Gasteiger partial charge in [-0.3, -0.25) is 0 Å². The van der Waals surface area contributed by atoms with Crippen LogP contribution in [0.1, 0.15) is 18.9 Å². The number of aliphatic hydroxyl groups is 1. The molecule has 0 fully saturated rings. The Morgan fingerprint density at radius 1 is 1.50 bits per heavy atom. The van der Waals surface area contributed by atoms with Gasteiger partial charge >= 0.3 is 5.97 Å². The molecule has 0 aliphatic rings. The van der Waals surface area contributed by atoms with Crippen LogP contribution in [0.25, 0.3) is 0 Å². The number of carbonyl (C=O) groups is 1. The average molecular weight is 247 g/mol. The van der Waals surface area contributed by atoms with Gasteiger partial charge in [0.1, 0.15) is 5.60 Å². The first-order valence-electron chi connectivity index (χ1n) is 4.77. The van der Waals surface area contributed by atoms with E-state index in [1.165, 1.54) is 31.2 Å². The Kier molecular flexibility index (Phi) is 3.88. The van der Waals surface area contributed by atoms with E-state index in [2.05, 4.69) is 0 Å². The first-order valence-corrected chi connectivity index (χ1v) is 5.15. The number of rotatable bonds is 4. The molecule has 1 rings (SSSR count). The fourth-order valence-electron chi connectivity index (χ4n) is 1.47. The van der Waals surface area contributed by atoms with Gasteiger partial charge in [0.05, 0.1) is 0 Å². The van der Waals surface area contributed by atoms with E-state index in [1.54, 1.807) is 0 Å². The standard InChI is InChI=1S/C11H12ClFO3/c1-2-11(16,9(13)10(14)15)7-3-5-8(12)6-4-7/h3-6,9,16H,2H2,1H3,(H,14,15). The Bertz CT molecular complexity index is 379. The molecule has 0 amide bonds. The summed E-state index contributed by atoms with van der Waals surface area (Å²) in [5.41, 5.74) is -1.81. The molecule has 0 heterocycles. The third kappa shape index (κ3) is 2.33. The predicted molar refractivity (Wildman–Crippen MR) is 58.2 cm³/mol. The molecule has 0 aromatic heterocycles. The lowest BCUT2D eigenvalue weighted by atomic mass is 9.86. The number of carboxylic acids is 1. The quantitative estimate of drug-likeness (QED) is 0.858. The van der Waals surface area contributed by atoms with E-state index >= 15 is 0 Å². The maximum atomic E-state index is 13.5. The van der Waals surface area contributed by atoms with Crippen molar-refractivity contribution in [3.8, 4) is 0 Å². The van der Waals surface area contributed by atoms with E-state index in [1.807, 2.05) is 0 Å². The first-order chi connectivity index (χ1) is 7.41. The second-order valence-corrected chi connectivity index (χ2v) is 3.92. The van der Waals surface area contributed by atoms with Gasteiger partial charge < -0.3 is 10.2 Å². The summed E-state index contributed by atoms with van der Waals surface area (Å²) in [4.78, 5) is 10.6. The van der Waals surface area contributed by atoms with Gasteiger partial charge in [0, 0.05) is 5.02 Å². The van der Waals surface area contributed by atoms with Gasteiger partial charge in [0.15, 0.2) is 0 Å². The minimum atomic E-state index is -2.36. The number of hydrogen-bond donors (Lipinski definition) is 2. The normalized spacial score (nSPS) is 16.5. The Balaban J connectivity index is 3.14. The molecule has 2 N–H and O–H groups in total. The zero-order valence-corrected chi connectivity index (χ0v) is 9.41. The number of halogens is 2. The summed E-state index contributed by atoms with van der Waals surface area (Å²) >= 11 is 5.66. The van der Waals surface area contributed by atoms with Gasteiger partial charge in [0.2, 0.25) is 6.17 Å². The predicted octanol–water partition coefficient (Wildman–Crippen LogP) is 2.36. The van der Waals surface area contributed by atoms with Crippen molar-refractivity contribution >= 4 is 17.6 Å². The van der Waals surface area contributed by atoms with Gasteiger partial charge in [-0.25, -0.2) is 9.18 Å². The third-order valence-electron chi connectivity index (χ3n) is 2.52. The Morgan fingerprint density at radius 2 is 2.00 bits per heavy atom. The minimum absolute atomic E-state index is 0.0396. The van der Waals surface area contributed by atoms with Gasteiger partial charge in [-0.15, -0.1) is 0 Å². The van der Waals surface area contributed by atoms with Crippen LogP contribution in [0, 0.1) is 0 Å². The molecule has 0 spiro atoms. The average Bonchev–Trinajstić information content (AvgIpc) is 2.27. The highest BCUT2D eigenvalue weighted by atomic mass is 35.5. The largest absolute Gasteiger partial charge is 0.479 e. The van der Waals surface area contributed by atoms with E-state index in [9.17, 15) is 14.3 Å². The maximum Gasteiger partial charge on any atom is 0.341 e. The van der Waals surface area contributed by atoms with E-state index in [0.29, 0.717) is 5.02 Å². The molecule has 5 heteroatoms. The zero-order valence-electron chi connectivity index (χ0n) is 8.65. The lowest BCUT2D eigenvalue weighted by molar-refractivity contribution is -0.155. The number of carboxylic acid groups (broad SMARTS) is 1. The monoisotopic (exact) mass is 246 g/mol. The van der Waals surface area contributed by atoms with Crippen molar-refractivity contribution in [3.63, 3.8) is 0 Å². The molecule has 2 atom stereocenters. The van der Waals surface area contributed by atoms with Crippen molar-refractivity contribution in [2.75, 3.05) is 0 Å². The molecule has 1 aromatic carbocycles. The van der Waals surface area contributed by atoms with Crippen LogP contribution < -0.4 is 0 Å². The summed E-state index contributed by atoms with van der Waals surface area (Å²) in [6, 6.07) is 5.79. The fraction of sp³-hybridized carbons (Fsp3) is 0.364. The summed E-state index contributed by atoms with van der Waals surface area (Å²) in [6.45, 7) is 1.52. The van der Waals surface area contributed by atoms with Crippen LogP contribution in [-0.4, -0.2) is 22.4 Å². The molecule has 88 valence electrons. The van der Waals surface area contributed by atoms with Gasteiger partial charge in [-0.05, 0) is 24.1 Å². The second kappa shape index (κ2) is 4.80. The summed E-state index contributed by atoms with van der Waals surface area (Å²) in [5, 5.41) is 19.1. The first kappa shape index (κ1) is 12.9. The van der Waals surface area contributed by atoms with E-state index < -0.39 is 17.7 Å². The fourth-order valence-corrected chi connectivity index (χ4v) is 1.60. The van der Waals surface area contributed by atoms with Crippen LogP contribution in [0.15, 0.2) is 24.3 Å². The molecule has 0 aliphatic carbocycles. The number of aliphatic carboxylic acids is 1. The number of alkyl halides is 1. The van der Waals surface area contributed by atoms with Crippen LogP contribution in [0.4, 0.5) is 4.39 Å². The smallest absolute Gasteiger partial charge is 0.341 e. The molecule has 0 aliphatic heterocycles. The van der Waals surface area contributed by atoms with Crippen LogP contribution in [-0.2, 0) is 10.4 Å². The molecule has 3 nitrogen and oxygen atoms in total. The Labute approximate surface area is 97.5 Å². The number of hydrogen-bond acceptors (Lipinski definition) is 2. The zero-order chi connectivity index (χ0) is 12.3. The van der Waals surface area contributed by atoms with Crippen molar-refractivity contribution < 1.29 is 19.4 Å². The molecule has 0 saturated heterocycles.